The van der Waals surface area contributed by atoms with Crippen LogP contribution in [0.3, 0.4) is 0 Å². The first-order chi connectivity index (χ1) is 15.1. The molecule has 7 heteroatoms. The average Bonchev–Trinajstić information content (AvgIpc) is 3.33. The second-order valence-corrected chi connectivity index (χ2v) is 7.19. The highest BCUT2D eigenvalue weighted by molar-refractivity contribution is 5.95. The van der Waals surface area contributed by atoms with E-state index in [1.165, 1.54) is 7.11 Å². The van der Waals surface area contributed by atoms with E-state index in [1.807, 2.05) is 41.3 Å². The third-order valence-corrected chi connectivity index (χ3v) is 5.35. The van der Waals surface area contributed by atoms with Crippen LogP contribution in [0.15, 0.2) is 65.1 Å². The van der Waals surface area contributed by atoms with Crippen molar-refractivity contribution in [3.63, 3.8) is 0 Å². The number of rotatable bonds is 5. The molecule has 0 N–H and O–H groups in total. The molecule has 1 aliphatic heterocycles. The Labute approximate surface area is 179 Å². The van der Waals surface area contributed by atoms with Crippen molar-refractivity contribution in [3.05, 3.63) is 77.6 Å². The number of hydrogen-bond acceptors (Lipinski definition) is 6. The molecule has 0 unspecified atom stereocenters. The second kappa shape index (κ2) is 8.87. The summed E-state index contributed by atoms with van der Waals surface area (Å²) in [5.74, 6) is 0.268. The fourth-order valence-electron chi connectivity index (χ4n) is 3.73. The molecular formula is C24H22N2O5. The maximum atomic E-state index is 12.7. The lowest BCUT2D eigenvalue weighted by Gasteiger charge is -2.37. The first-order valence-corrected chi connectivity index (χ1v) is 9.97. The minimum absolute atomic E-state index is 0.0168. The Morgan fingerprint density at radius 1 is 0.935 bits per heavy atom. The van der Waals surface area contributed by atoms with E-state index in [0.717, 1.165) is 5.69 Å². The monoisotopic (exact) mass is 418 g/mol. The highest BCUT2D eigenvalue weighted by atomic mass is 16.5. The van der Waals surface area contributed by atoms with Crippen molar-refractivity contribution in [2.24, 2.45) is 0 Å². The van der Waals surface area contributed by atoms with Gasteiger partial charge in [0, 0.05) is 43.0 Å². The van der Waals surface area contributed by atoms with Gasteiger partial charge in [0.2, 0.25) is 0 Å². The summed E-state index contributed by atoms with van der Waals surface area (Å²) in [5.41, 5.74) is 2.63. The SMILES string of the molecule is COC(=O)c1ccc(N2CCN(C(=O)c3ccccc3)CC2)c(-c2ccc(C=O)o2)c1. The number of benzene rings is 2. The van der Waals surface area contributed by atoms with Crippen molar-refractivity contribution in [1.82, 2.24) is 4.90 Å². The first kappa shape index (κ1) is 20.4. The molecular weight excluding hydrogens is 396 g/mol. The molecule has 0 atom stereocenters. The summed E-state index contributed by atoms with van der Waals surface area (Å²) in [4.78, 5) is 39.8. The number of aldehydes is 1. The Morgan fingerprint density at radius 3 is 2.32 bits per heavy atom. The highest BCUT2D eigenvalue weighted by Gasteiger charge is 2.25. The van der Waals surface area contributed by atoms with Crippen LogP contribution in [-0.4, -0.2) is 56.4 Å². The molecule has 0 aliphatic carbocycles. The molecule has 0 saturated carbocycles. The van der Waals surface area contributed by atoms with Gasteiger partial charge < -0.3 is 19.0 Å². The Bertz CT molecular complexity index is 1100. The molecule has 0 radical (unpaired) electrons. The molecule has 1 aromatic heterocycles. The van der Waals surface area contributed by atoms with Crippen LogP contribution >= 0.6 is 0 Å². The van der Waals surface area contributed by atoms with E-state index in [2.05, 4.69) is 4.90 Å². The third-order valence-electron chi connectivity index (χ3n) is 5.35. The summed E-state index contributed by atoms with van der Waals surface area (Å²) in [6, 6.07) is 17.8. The molecule has 4 rings (SSSR count). The van der Waals surface area contributed by atoms with Crippen LogP contribution in [0.5, 0.6) is 0 Å². The van der Waals surface area contributed by atoms with Crippen molar-refractivity contribution in [3.8, 4) is 11.3 Å². The van der Waals surface area contributed by atoms with E-state index in [9.17, 15) is 14.4 Å². The van der Waals surface area contributed by atoms with Crippen LogP contribution in [0.4, 0.5) is 5.69 Å². The summed E-state index contributed by atoms with van der Waals surface area (Å²) in [5, 5.41) is 0. The number of amides is 1. The van der Waals surface area contributed by atoms with Gasteiger partial charge in [-0.15, -0.1) is 0 Å². The van der Waals surface area contributed by atoms with Gasteiger partial charge in [-0.2, -0.15) is 0 Å². The van der Waals surface area contributed by atoms with E-state index in [4.69, 9.17) is 9.15 Å². The predicted molar refractivity (Wildman–Crippen MR) is 115 cm³/mol. The first-order valence-electron chi connectivity index (χ1n) is 9.97. The Morgan fingerprint density at radius 2 is 1.68 bits per heavy atom. The molecule has 1 fully saturated rings. The number of carbonyl (C=O) groups excluding carboxylic acids is 3. The van der Waals surface area contributed by atoms with E-state index >= 15 is 0 Å². The second-order valence-electron chi connectivity index (χ2n) is 7.19. The molecule has 2 aromatic carbocycles. The topological polar surface area (TPSA) is 80.1 Å². The minimum Gasteiger partial charge on any atom is -0.465 e. The summed E-state index contributed by atoms with van der Waals surface area (Å²) >= 11 is 0. The van der Waals surface area contributed by atoms with Crippen LogP contribution in [0, 0.1) is 0 Å². The Kier molecular flexibility index (Phi) is 5.84. The van der Waals surface area contributed by atoms with E-state index < -0.39 is 5.97 Å². The Hall–Kier alpha value is -3.87. The number of furan rings is 1. The van der Waals surface area contributed by atoms with Gasteiger partial charge >= 0.3 is 5.97 Å². The molecule has 2 heterocycles. The minimum atomic E-state index is -0.451. The zero-order chi connectivity index (χ0) is 21.8. The van der Waals surface area contributed by atoms with E-state index in [1.54, 1.807) is 24.3 Å². The standard InChI is InChI=1S/C24H22N2O5/c1-30-24(29)18-7-9-21(20(15-18)22-10-8-19(16-27)31-22)25-11-13-26(14-12-25)23(28)17-5-3-2-4-6-17/h2-10,15-16H,11-14H2,1H3. The molecule has 7 nitrogen and oxygen atoms in total. The van der Waals surface area contributed by atoms with Crippen LogP contribution in [0.25, 0.3) is 11.3 Å². The van der Waals surface area contributed by atoms with Crippen molar-refractivity contribution in [1.29, 1.82) is 0 Å². The molecule has 1 aliphatic rings. The Balaban J connectivity index is 1.58. The average molecular weight is 418 g/mol. The summed E-state index contributed by atoms with van der Waals surface area (Å²) in [6.07, 6.45) is 0.640. The molecule has 1 amide bonds. The van der Waals surface area contributed by atoms with Crippen LogP contribution in [0.2, 0.25) is 0 Å². The summed E-state index contributed by atoms with van der Waals surface area (Å²) in [6.45, 7) is 2.40. The molecule has 158 valence electrons. The number of ether oxygens (including phenoxy) is 1. The number of carbonyl (C=O) groups is 3. The lowest BCUT2D eigenvalue weighted by atomic mass is 10.0. The number of hydrogen-bond donors (Lipinski definition) is 0. The maximum Gasteiger partial charge on any atom is 0.337 e. The summed E-state index contributed by atoms with van der Waals surface area (Å²) < 4.78 is 10.5. The lowest BCUT2D eigenvalue weighted by molar-refractivity contribution is 0.0600. The molecule has 31 heavy (non-hydrogen) atoms. The maximum absolute atomic E-state index is 12.7. The van der Waals surface area contributed by atoms with Crippen LogP contribution < -0.4 is 4.90 Å². The summed E-state index contributed by atoms with van der Waals surface area (Å²) in [7, 11) is 1.33. The van der Waals surface area contributed by atoms with E-state index in [0.29, 0.717) is 54.9 Å². The van der Waals surface area contributed by atoms with Gasteiger partial charge in [-0.25, -0.2) is 4.79 Å². The number of methoxy groups -OCH3 is 1. The predicted octanol–water partition coefficient (Wildman–Crippen LogP) is 3.51. The van der Waals surface area contributed by atoms with Gasteiger partial charge in [0.05, 0.1) is 12.7 Å². The normalized spacial score (nSPS) is 13.7. The highest BCUT2D eigenvalue weighted by Crippen LogP contribution is 2.34. The van der Waals surface area contributed by atoms with Gasteiger partial charge in [0.15, 0.2) is 12.0 Å². The number of piperazine rings is 1. The van der Waals surface area contributed by atoms with Crippen LogP contribution in [0.1, 0.15) is 31.3 Å². The fourth-order valence-corrected chi connectivity index (χ4v) is 3.73. The third kappa shape index (κ3) is 4.21. The van der Waals surface area contributed by atoms with Crippen LogP contribution in [-0.2, 0) is 4.74 Å². The number of nitrogens with zero attached hydrogens (tertiary/aromatic N) is 2. The quantitative estimate of drug-likeness (QED) is 0.466. The van der Waals surface area contributed by atoms with Gasteiger partial charge in [-0.05, 0) is 42.5 Å². The smallest absolute Gasteiger partial charge is 0.337 e. The number of esters is 1. The van der Waals surface area contributed by atoms with Crippen molar-refractivity contribution < 1.29 is 23.5 Å². The molecule has 1 saturated heterocycles. The van der Waals surface area contributed by atoms with Crippen molar-refractivity contribution in [2.75, 3.05) is 38.2 Å². The largest absolute Gasteiger partial charge is 0.465 e. The van der Waals surface area contributed by atoms with Gasteiger partial charge in [0.25, 0.3) is 5.91 Å². The zero-order valence-corrected chi connectivity index (χ0v) is 17.1. The van der Waals surface area contributed by atoms with Gasteiger partial charge in [-0.1, -0.05) is 18.2 Å². The van der Waals surface area contributed by atoms with Crippen molar-refractivity contribution in [2.45, 2.75) is 0 Å². The zero-order valence-electron chi connectivity index (χ0n) is 17.1. The van der Waals surface area contributed by atoms with E-state index in [-0.39, 0.29) is 11.7 Å². The van der Waals surface area contributed by atoms with Gasteiger partial charge in [-0.3, -0.25) is 9.59 Å². The van der Waals surface area contributed by atoms with Crippen molar-refractivity contribution >= 4 is 23.9 Å². The molecule has 0 spiro atoms. The van der Waals surface area contributed by atoms with Gasteiger partial charge in [0.1, 0.15) is 5.76 Å². The lowest BCUT2D eigenvalue weighted by Crippen LogP contribution is -2.49. The number of anilines is 1. The molecule has 3 aromatic rings. The molecule has 0 bridgehead atoms. The fraction of sp³-hybridized carbons (Fsp3) is 0.208.